The molecule has 0 saturated heterocycles. The van der Waals surface area contributed by atoms with E-state index in [1.165, 1.54) is 12.4 Å². The third-order valence-corrected chi connectivity index (χ3v) is 1.11. The number of nitrogens with zero attached hydrogens (tertiary/aromatic N) is 2. The van der Waals surface area contributed by atoms with Crippen LogP contribution in [0.3, 0.4) is 0 Å². The fraction of sp³-hybridized carbons (Fsp3) is 0. The number of aromatic nitrogens is 4. The van der Waals surface area contributed by atoms with Crippen molar-refractivity contribution in [1.29, 1.82) is 0 Å². The van der Waals surface area contributed by atoms with E-state index in [2.05, 4.69) is 19.9 Å². The predicted molar refractivity (Wildman–Crippen MR) is 44.1 cm³/mol. The summed E-state index contributed by atoms with van der Waals surface area (Å²) in [5, 5.41) is 8.18. The number of nitrogens with one attached hydrogen (secondary N) is 2. The number of aromatic amines is 2. The topological polar surface area (TPSA) is 94.7 Å². The maximum Gasteiger partial charge on any atom is 0.371 e. The molecule has 2 aromatic heterocycles. The molecule has 0 amide bonds. The van der Waals surface area contributed by atoms with Gasteiger partial charge < -0.3 is 15.1 Å². The minimum atomic E-state index is -1.03. The van der Waals surface area contributed by atoms with Crippen LogP contribution < -0.4 is 0 Å². The molecular formula is C7H8N4O2. The van der Waals surface area contributed by atoms with Crippen molar-refractivity contribution in [2.24, 2.45) is 0 Å². The number of carboxylic acid groups (broad SMARTS) is 1. The number of aromatic carboxylic acids is 1. The van der Waals surface area contributed by atoms with Crippen LogP contribution >= 0.6 is 0 Å². The zero-order chi connectivity index (χ0) is 9.52. The Balaban J connectivity index is 0.000000145. The van der Waals surface area contributed by atoms with Crippen molar-refractivity contribution in [2.45, 2.75) is 0 Å². The second-order valence-corrected chi connectivity index (χ2v) is 2.00. The minimum absolute atomic E-state index is 0.0231. The Labute approximate surface area is 73.7 Å². The maximum atomic E-state index is 9.97. The summed E-state index contributed by atoms with van der Waals surface area (Å²) in [5.41, 5.74) is 0. The lowest BCUT2D eigenvalue weighted by atomic mass is 10.7. The Morgan fingerprint density at radius 2 is 2.23 bits per heavy atom. The Kier molecular flexibility index (Phi) is 3.25. The molecular weight excluding hydrogens is 172 g/mol. The Morgan fingerprint density at radius 1 is 1.38 bits per heavy atom. The first-order chi connectivity index (χ1) is 6.30. The molecule has 0 atom stereocenters. The Bertz CT molecular complexity index is 310. The van der Waals surface area contributed by atoms with Crippen molar-refractivity contribution >= 4 is 5.97 Å². The largest absolute Gasteiger partial charge is 0.475 e. The lowest BCUT2D eigenvalue weighted by Gasteiger charge is -1.79. The summed E-state index contributed by atoms with van der Waals surface area (Å²) in [6.45, 7) is 0. The van der Waals surface area contributed by atoms with Crippen LogP contribution in [0.1, 0.15) is 10.6 Å². The highest BCUT2D eigenvalue weighted by atomic mass is 16.4. The second kappa shape index (κ2) is 4.70. The van der Waals surface area contributed by atoms with E-state index in [1.54, 1.807) is 18.7 Å². The number of H-pyrrole nitrogens is 2. The number of hydrogen-bond acceptors (Lipinski definition) is 3. The smallest absolute Gasteiger partial charge is 0.371 e. The van der Waals surface area contributed by atoms with Gasteiger partial charge >= 0.3 is 5.97 Å². The summed E-state index contributed by atoms with van der Waals surface area (Å²) in [6, 6.07) is 0. The Morgan fingerprint density at radius 3 is 2.46 bits per heavy atom. The normalized spacial score (nSPS) is 8.62. The van der Waals surface area contributed by atoms with Crippen molar-refractivity contribution in [2.75, 3.05) is 0 Å². The van der Waals surface area contributed by atoms with Gasteiger partial charge in [-0.15, -0.1) is 0 Å². The van der Waals surface area contributed by atoms with Crippen LogP contribution in [0.5, 0.6) is 0 Å². The van der Waals surface area contributed by atoms with Crippen LogP contribution in [0.2, 0.25) is 0 Å². The molecule has 2 heterocycles. The summed E-state index contributed by atoms with van der Waals surface area (Å²) in [5.74, 6) is -1.06. The van der Waals surface area contributed by atoms with Crippen molar-refractivity contribution < 1.29 is 9.90 Å². The molecule has 0 fully saturated rings. The van der Waals surface area contributed by atoms with Crippen LogP contribution in [0.4, 0.5) is 0 Å². The zero-order valence-electron chi connectivity index (χ0n) is 6.64. The van der Waals surface area contributed by atoms with E-state index in [9.17, 15) is 4.79 Å². The predicted octanol–water partition coefficient (Wildman–Crippen LogP) is 0.518. The van der Waals surface area contributed by atoms with Crippen LogP contribution in [0.15, 0.2) is 31.1 Å². The van der Waals surface area contributed by atoms with E-state index in [0.29, 0.717) is 0 Å². The summed E-state index contributed by atoms with van der Waals surface area (Å²) >= 11 is 0. The van der Waals surface area contributed by atoms with Gasteiger partial charge in [0.1, 0.15) is 0 Å². The van der Waals surface area contributed by atoms with Crippen LogP contribution in [0.25, 0.3) is 0 Å². The van der Waals surface area contributed by atoms with E-state index in [0.717, 1.165) is 0 Å². The number of hydrogen-bond donors (Lipinski definition) is 3. The number of imidazole rings is 2. The van der Waals surface area contributed by atoms with Crippen molar-refractivity contribution in [1.82, 2.24) is 19.9 Å². The van der Waals surface area contributed by atoms with Crippen molar-refractivity contribution in [3.63, 3.8) is 0 Å². The van der Waals surface area contributed by atoms with Gasteiger partial charge in [-0.2, -0.15) is 0 Å². The molecule has 0 spiro atoms. The molecule has 0 aromatic carbocycles. The third-order valence-electron chi connectivity index (χ3n) is 1.11. The summed E-state index contributed by atoms with van der Waals surface area (Å²) in [7, 11) is 0. The van der Waals surface area contributed by atoms with Gasteiger partial charge in [-0.1, -0.05) is 0 Å². The SMILES string of the molecule is O=C(O)c1ncc[nH]1.c1c[nH]cn1. The highest BCUT2D eigenvalue weighted by Gasteiger charge is 2.00. The van der Waals surface area contributed by atoms with E-state index >= 15 is 0 Å². The van der Waals surface area contributed by atoms with Crippen molar-refractivity contribution in [3.05, 3.63) is 36.9 Å². The monoisotopic (exact) mass is 180 g/mol. The molecule has 0 radical (unpaired) electrons. The summed E-state index contributed by atoms with van der Waals surface area (Å²) in [6.07, 6.45) is 7.94. The standard InChI is InChI=1S/C4H4N2O2.C3H4N2/c7-4(8)3-5-1-2-6-3;1-2-5-3-4-1/h1-2H,(H,5,6)(H,7,8);1-3H,(H,4,5). The van der Waals surface area contributed by atoms with Gasteiger partial charge in [-0.05, 0) is 0 Å². The molecule has 0 aliphatic rings. The van der Waals surface area contributed by atoms with E-state index < -0.39 is 5.97 Å². The molecule has 3 N–H and O–H groups in total. The van der Waals surface area contributed by atoms with Crippen LogP contribution in [0, 0.1) is 0 Å². The zero-order valence-corrected chi connectivity index (χ0v) is 6.64. The third kappa shape index (κ3) is 3.19. The molecule has 0 bridgehead atoms. The van der Waals surface area contributed by atoms with Gasteiger partial charge in [0.15, 0.2) is 0 Å². The molecule has 68 valence electrons. The van der Waals surface area contributed by atoms with E-state index in [4.69, 9.17) is 5.11 Å². The second-order valence-electron chi connectivity index (χ2n) is 2.00. The molecule has 0 aliphatic carbocycles. The van der Waals surface area contributed by atoms with Gasteiger partial charge in [-0.3, -0.25) is 0 Å². The minimum Gasteiger partial charge on any atom is -0.475 e. The highest BCUT2D eigenvalue weighted by Crippen LogP contribution is 1.84. The van der Waals surface area contributed by atoms with Gasteiger partial charge in [0.05, 0.1) is 6.33 Å². The van der Waals surface area contributed by atoms with Crippen LogP contribution in [-0.2, 0) is 0 Å². The number of carboxylic acids is 1. The molecule has 6 nitrogen and oxygen atoms in total. The summed E-state index contributed by atoms with van der Waals surface area (Å²) in [4.78, 5) is 22.3. The molecule has 0 saturated carbocycles. The fourth-order valence-corrected chi connectivity index (χ4v) is 0.597. The number of rotatable bonds is 1. The van der Waals surface area contributed by atoms with Crippen molar-refractivity contribution in [3.8, 4) is 0 Å². The van der Waals surface area contributed by atoms with Gasteiger partial charge in [0.2, 0.25) is 5.82 Å². The summed E-state index contributed by atoms with van der Waals surface area (Å²) < 4.78 is 0. The molecule has 0 unspecified atom stereocenters. The first kappa shape index (κ1) is 8.98. The fourth-order valence-electron chi connectivity index (χ4n) is 0.597. The van der Waals surface area contributed by atoms with Gasteiger partial charge in [0.25, 0.3) is 0 Å². The lowest BCUT2D eigenvalue weighted by Crippen LogP contribution is -1.97. The molecule has 2 rings (SSSR count). The molecule has 2 aromatic rings. The molecule has 6 heteroatoms. The average Bonchev–Trinajstić information content (AvgIpc) is 2.82. The van der Waals surface area contributed by atoms with Crippen LogP contribution in [-0.4, -0.2) is 31.0 Å². The van der Waals surface area contributed by atoms with E-state index in [1.807, 2.05) is 0 Å². The lowest BCUT2D eigenvalue weighted by molar-refractivity contribution is 0.0685. The first-order valence-corrected chi connectivity index (χ1v) is 3.46. The molecule has 13 heavy (non-hydrogen) atoms. The quantitative estimate of drug-likeness (QED) is 0.596. The van der Waals surface area contributed by atoms with Gasteiger partial charge in [-0.25, -0.2) is 14.8 Å². The average molecular weight is 180 g/mol. The Hall–Kier alpha value is -2.11. The number of carbonyl (C=O) groups is 1. The van der Waals surface area contributed by atoms with E-state index in [-0.39, 0.29) is 5.82 Å². The maximum absolute atomic E-state index is 9.97. The highest BCUT2D eigenvalue weighted by molar-refractivity contribution is 5.82. The molecule has 0 aliphatic heterocycles. The van der Waals surface area contributed by atoms with Gasteiger partial charge in [0, 0.05) is 24.8 Å². The first-order valence-electron chi connectivity index (χ1n) is 3.46.